The van der Waals surface area contributed by atoms with Gasteiger partial charge in [-0.15, -0.1) is 0 Å². The maximum Gasteiger partial charge on any atom is 0.414 e. The van der Waals surface area contributed by atoms with Gasteiger partial charge in [0, 0.05) is 115 Å². The number of carbonyl (C=O) groups is 8. The monoisotopic (exact) mass is 1950 g/mol. The predicted octanol–water partition coefficient (Wildman–Crippen LogP) is 10.6. The molecule has 42 nitrogen and oxygen atoms in total. The molecule has 14 rings (SSSR count). The highest BCUT2D eigenvalue weighted by Gasteiger charge is 2.38. The lowest BCUT2D eigenvalue weighted by Gasteiger charge is -2.36. The van der Waals surface area contributed by atoms with E-state index in [0.717, 1.165) is 78.7 Å². The molecule has 6 fully saturated rings. The highest BCUT2D eigenvalue weighted by Crippen LogP contribution is 2.46. The number of amides is 4. The van der Waals surface area contributed by atoms with E-state index in [0.29, 0.717) is 73.7 Å². The lowest BCUT2D eigenvalue weighted by molar-refractivity contribution is -0.380. The number of hydrogen-bond acceptors (Lipinski definition) is 30. The number of aromatic carboxylic acids is 2. The van der Waals surface area contributed by atoms with Gasteiger partial charge in [-0.05, 0) is 111 Å². The van der Waals surface area contributed by atoms with Crippen LogP contribution in [0.3, 0.4) is 0 Å². The number of aliphatic carboxylic acids is 1. The molecule has 2 aliphatic carbocycles. The molecule has 0 spiro atoms. The van der Waals surface area contributed by atoms with Gasteiger partial charge in [-0.3, -0.25) is 59.5 Å². The zero-order valence-corrected chi connectivity index (χ0v) is 78.1. The first-order chi connectivity index (χ1) is 65.0. The van der Waals surface area contributed by atoms with Crippen LogP contribution in [0.15, 0.2) is 85.4 Å². The standard InChI is InChI=1S/C24H26FN9O5.C24H25FN8O6.C22H25FN6O5S2.C18H34O3S/c1-39-19-16-12(18(35)13(23(37)38)10-34(16)11-2-3-11)8-14(25)17(19)32-4-6-33(7-5-32)22(36)15-9-29-24(30-15)31-21(28)20(26)27;1-38-19-16-12(18(34)13(23(36)37)9-33(16)11-2-3-11)8-14(25)17(19)31-4-6-32(7-5-31)22(35)15-10-39-24(29-15)30-21(28)20(26)27;1-14(35)2-4-16-12-28(22(31)34-16)15-3-5-18(17(23)10-15)27-8-6-26(7-9-27)13-19(30)25-21-24-11-20(36-21)29(32)33;1-3-4-5-6-7-8-9-10-11-12-13-22-15-17(18(20)21)14-16(2)19/h8-11H,2-7H2,1H3,(H3,26,27)(H,37,38)(H3,28,29,30,31);8-11H,2-7H2,1H3,(H3,26,27)(H,36,37)(H2,28,29,30);3,5,10-11,16H,2,4,6-9,12-13H2,1H3,(H,24,25,30);17H,3-15H2,1-2H3,(H,20,21)/t;;16-;17-/m..01/s1. The molecule has 0 radical (unpaired) electrons. The summed E-state index contributed by atoms with van der Waals surface area (Å²) in [7, 11) is 2.75. The summed E-state index contributed by atoms with van der Waals surface area (Å²) in [6.07, 6.45) is 23.3. The van der Waals surface area contributed by atoms with E-state index >= 15 is 13.2 Å². The van der Waals surface area contributed by atoms with E-state index in [1.807, 2.05) is 16.7 Å². The lowest BCUT2D eigenvalue weighted by Crippen LogP contribution is -2.49. The SMILES string of the molecule is CC(=S)CC[C@H]1CN(c2ccc(N3CCN(CC(=O)Nc4ncc([N+](=O)[O-])s4)CC3)c(F)c2)C(=O)O1.CCCCCCCCCCCCSC[C@@H](CC(C)=O)C(=O)O.COc1c(N2CCN(C(=O)c3cnc(N=C(N)C(=N)N)[nH]3)CC2)c(F)cc2c(=O)c(C(=O)O)cn(C3CC3)c12.COc1c(N2CCN(C(=O)c3coc(N=C(N)C(=N)N)n3)CC2)c(F)cc2c(=O)c(C(=O)O)cn(C3CC3)c12. The number of fused-ring (bicyclic) bond motifs is 2. The number of pyridine rings is 2. The lowest BCUT2D eigenvalue weighted by atomic mass is 10.1. The average Bonchev–Trinajstić information content (AvgIpc) is 1.44. The Labute approximate surface area is 791 Å². The molecule has 4 saturated heterocycles. The molecule has 4 amide bonds. The quantitative estimate of drug-likeness (QED) is 0.00430. The largest absolute Gasteiger partial charge is 0.492 e. The highest BCUT2D eigenvalue weighted by atomic mass is 32.2. The average molecular weight is 1950 g/mol. The zero-order valence-electron chi connectivity index (χ0n) is 75.7. The minimum atomic E-state index is -1.38. The van der Waals surface area contributed by atoms with Crippen LogP contribution in [0.2, 0.25) is 0 Å². The van der Waals surface area contributed by atoms with Gasteiger partial charge >= 0.3 is 35.0 Å². The van der Waals surface area contributed by atoms with E-state index in [1.165, 1.54) is 113 Å². The number of cyclic esters (lactones) is 1. The van der Waals surface area contributed by atoms with Gasteiger partial charge in [0.2, 0.25) is 22.7 Å². The number of thiazole rings is 1. The Kier molecular flexibility index (Phi) is 35.9. The third-order valence-electron chi connectivity index (χ3n) is 23.2. The number of unbranched alkanes of at least 4 members (excludes halogenated alkanes) is 9. The molecule has 8 aromatic rings. The van der Waals surface area contributed by atoms with Gasteiger partial charge in [0.05, 0.1) is 77.5 Å². The summed E-state index contributed by atoms with van der Waals surface area (Å²) in [5.41, 5.74) is 21.1. The van der Waals surface area contributed by atoms with Crippen LogP contribution in [0.25, 0.3) is 21.8 Å². The van der Waals surface area contributed by atoms with E-state index in [1.54, 1.807) is 47.7 Å². The van der Waals surface area contributed by atoms with Crippen LogP contribution in [0.4, 0.5) is 62.8 Å². The Morgan fingerprint density at radius 3 is 1.71 bits per heavy atom. The maximum absolute atomic E-state index is 15.5. The molecule has 15 N–H and O–H groups in total. The Morgan fingerprint density at radius 1 is 0.706 bits per heavy atom. The zero-order chi connectivity index (χ0) is 98.5. The van der Waals surface area contributed by atoms with Crippen molar-refractivity contribution in [1.82, 2.24) is 43.8 Å². The minimum absolute atomic E-state index is 0.0118. The third-order valence-corrected chi connectivity index (χ3v) is 25.5. The van der Waals surface area contributed by atoms with E-state index in [2.05, 4.69) is 42.2 Å². The molecule has 136 heavy (non-hydrogen) atoms. The van der Waals surface area contributed by atoms with Crippen LogP contribution in [-0.4, -0.2) is 263 Å². The first-order valence-electron chi connectivity index (χ1n) is 44.3. The third kappa shape index (κ3) is 26.7. The summed E-state index contributed by atoms with van der Waals surface area (Å²) >= 11 is 7.56. The smallest absolute Gasteiger partial charge is 0.414 e. The van der Waals surface area contributed by atoms with Gasteiger partial charge in [-0.1, -0.05) is 76.9 Å². The molecule has 6 aliphatic rings. The molecule has 5 aromatic heterocycles. The molecule has 2 saturated carbocycles. The number of nitro groups is 1. The van der Waals surface area contributed by atoms with Crippen LogP contribution in [0.1, 0.15) is 184 Å². The number of benzene rings is 3. The number of ketones is 1. The van der Waals surface area contributed by atoms with Crippen LogP contribution in [-0.2, 0) is 19.1 Å². The minimum Gasteiger partial charge on any atom is -0.492 e. The molecule has 0 unspecified atom stereocenters. The van der Waals surface area contributed by atoms with Crippen LogP contribution in [0, 0.1) is 44.3 Å². The molecule has 9 heterocycles. The van der Waals surface area contributed by atoms with Crippen LogP contribution in [0.5, 0.6) is 11.5 Å². The number of amidine groups is 4. The molecule has 730 valence electrons. The Balaban J connectivity index is 0.000000178. The number of methoxy groups -OCH3 is 2. The second-order valence-corrected chi connectivity index (χ2v) is 36.0. The molecule has 0 bridgehead atoms. The number of carbonyl (C=O) groups excluding carboxylic acids is 5. The van der Waals surface area contributed by atoms with Gasteiger partial charge in [-0.2, -0.15) is 26.7 Å². The van der Waals surface area contributed by atoms with Gasteiger partial charge in [0.25, 0.3) is 11.8 Å². The number of nitrogens with two attached hydrogens (primary N) is 4. The fourth-order valence-electron chi connectivity index (χ4n) is 15.8. The number of aromatic nitrogens is 6. The van der Waals surface area contributed by atoms with Crippen molar-refractivity contribution in [3.05, 3.63) is 132 Å². The summed E-state index contributed by atoms with van der Waals surface area (Å²) in [5, 5.41) is 55.8. The number of aromatic amines is 1. The summed E-state index contributed by atoms with van der Waals surface area (Å²) in [6, 6.07) is 6.58. The topological polar surface area (TPSA) is 591 Å². The predicted molar refractivity (Wildman–Crippen MR) is 511 cm³/mol. The van der Waals surface area contributed by atoms with Crippen LogP contribution >= 0.6 is 35.3 Å². The van der Waals surface area contributed by atoms with Crippen LogP contribution < -0.4 is 68.2 Å². The summed E-state index contributed by atoms with van der Waals surface area (Å²) in [6.45, 7) is 10.1. The first-order valence-corrected chi connectivity index (χ1v) is 46.6. The molecule has 48 heteroatoms. The van der Waals surface area contributed by atoms with Gasteiger partial charge < -0.3 is 106 Å². The van der Waals surface area contributed by atoms with E-state index in [-0.39, 0.29) is 180 Å². The maximum atomic E-state index is 15.5. The van der Waals surface area contributed by atoms with Crippen molar-refractivity contribution in [3.8, 4) is 11.5 Å². The van der Waals surface area contributed by atoms with Crippen molar-refractivity contribution in [1.29, 1.82) is 10.8 Å². The molecular weight excluding hydrogens is 1840 g/mol. The van der Waals surface area contributed by atoms with Crippen molar-refractivity contribution >= 4 is 178 Å². The second-order valence-electron chi connectivity index (χ2n) is 33.2. The number of aliphatic imine (C=N–C) groups is 2. The van der Waals surface area contributed by atoms with Crippen molar-refractivity contribution in [2.45, 2.75) is 148 Å². The van der Waals surface area contributed by atoms with Gasteiger partial charge in [0.15, 0.2) is 57.3 Å². The number of nitrogens with zero attached hydrogens (tertiary/aromatic N) is 15. The number of thiocarbonyl (C=S) groups is 1. The number of carboxylic acid groups (broad SMARTS) is 3. The number of oxazole rings is 1. The fraction of sp³-hybridized carbons (Fsp3) is 0.477. The number of anilines is 5. The number of rotatable bonds is 37. The van der Waals surface area contributed by atoms with E-state index < -0.39 is 91.9 Å². The number of carboxylic acids is 3. The van der Waals surface area contributed by atoms with Gasteiger partial charge in [-0.25, -0.2) is 37.5 Å². The fourth-order valence-corrected chi connectivity index (χ4v) is 17.7. The summed E-state index contributed by atoms with van der Waals surface area (Å²) in [5.74, 6) is -6.70. The molecule has 2 atom stereocenters. The van der Waals surface area contributed by atoms with E-state index in [4.69, 9.17) is 69.7 Å². The van der Waals surface area contributed by atoms with Gasteiger partial charge in [0.1, 0.15) is 58.4 Å². The second kappa shape index (κ2) is 47.5. The number of nitrogens with one attached hydrogen (secondary N) is 4. The Morgan fingerprint density at radius 2 is 1.23 bits per heavy atom. The molecular formula is C88H110F3N23O19S3. The Bertz CT molecular complexity index is 5760. The number of H-pyrrole nitrogens is 1. The van der Waals surface area contributed by atoms with Crippen molar-refractivity contribution in [3.63, 3.8) is 0 Å². The number of piperazine rings is 3. The van der Waals surface area contributed by atoms with E-state index in [9.17, 15) is 68.3 Å². The molecule has 3 aromatic carbocycles. The number of Topliss-reactive ketones (excluding diaryl/α,β-unsaturated/α-hetero) is 1. The first kappa shape index (κ1) is 103. The normalized spacial score (nSPS) is 16.0. The number of ether oxygens (including phenoxy) is 3. The van der Waals surface area contributed by atoms with Crippen molar-refractivity contribution in [2.24, 2.45) is 38.8 Å². The molecule has 4 aliphatic heterocycles. The van der Waals surface area contributed by atoms with Crippen molar-refractivity contribution < 1.29 is 90.4 Å². The number of hydrogen-bond donors (Lipinski definition) is 11. The highest BCUT2D eigenvalue weighted by molar-refractivity contribution is 7.99. The number of thioether (sulfide) groups is 1. The summed E-state index contributed by atoms with van der Waals surface area (Å²) in [4.78, 5) is 167. The number of imidazole rings is 1. The van der Waals surface area contributed by atoms with Crippen molar-refractivity contribution in [2.75, 3.05) is 142 Å². The number of halogens is 3. The Hall–Kier alpha value is -13.6. The summed E-state index contributed by atoms with van der Waals surface area (Å²) < 4.78 is 71.2.